The van der Waals surface area contributed by atoms with Gasteiger partial charge in [0.25, 0.3) is 0 Å². The third kappa shape index (κ3) is 2.31. The van der Waals surface area contributed by atoms with E-state index >= 15 is 0 Å². The van der Waals surface area contributed by atoms with E-state index in [-0.39, 0.29) is 0 Å². The quantitative estimate of drug-likeness (QED) is 0.853. The highest BCUT2D eigenvalue weighted by Crippen LogP contribution is 2.18. The van der Waals surface area contributed by atoms with Crippen molar-refractivity contribution in [1.29, 1.82) is 0 Å². The molecule has 2 aromatic rings. The predicted molar refractivity (Wildman–Crippen MR) is 62.0 cm³/mol. The molecule has 0 amide bonds. The highest BCUT2D eigenvalue weighted by molar-refractivity contribution is 5.58. The van der Waals surface area contributed by atoms with Crippen LogP contribution in [0.25, 0.3) is 0 Å². The van der Waals surface area contributed by atoms with E-state index in [2.05, 4.69) is 15.4 Å². The van der Waals surface area contributed by atoms with E-state index in [0.717, 1.165) is 17.9 Å². The lowest BCUT2D eigenvalue weighted by molar-refractivity contribution is 0.398. The summed E-state index contributed by atoms with van der Waals surface area (Å²) in [6.45, 7) is 2.91. The molecule has 0 aromatic carbocycles. The molecule has 0 aliphatic heterocycles. The molecule has 0 fully saturated rings. The van der Waals surface area contributed by atoms with Gasteiger partial charge in [0.1, 0.15) is 0 Å². The van der Waals surface area contributed by atoms with Crippen LogP contribution in [0.15, 0.2) is 30.7 Å². The molecule has 0 radical (unpaired) electrons. The largest absolute Gasteiger partial charge is 0.481 e. The van der Waals surface area contributed by atoms with Crippen molar-refractivity contribution in [2.24, 2.45) is 0 Å². The zero-order chi connectivity index (χ0) is 11.4. The second-order valence-corrected chi connectivity index (χ2v) is 3.30. The van der Waals surface area contributed by atoms with Gasteiger partial charge in [0.2, 0.25) is 5.88 Å². The molecular formula is C11H14N4O. The van der Waals surface area contributed by atoms with Crippen LogP contribution in [0.5, 0.6) is 5.88 Å². The van der Waals surface area contributed by atoms with Gasteiger partial charge >= 0.3 is 0 Å². The normalized spacial score (nSPS) is 10.1. The van der Waals surface area contributed by atoms with Gasteiger partial charge in [-0.05, 0) is 13.0 Å². The molecule has 16 heavy (non-hydrogen) atoms. The Morgan fingerprint density at radius 2 is 2.31 bits per heavy atom. The first-order chi connectivity index (χ1) is 7.81. The molecule has 0 unspecified atom stereocenters. The van der Waals surface area contributed by atoms with Crippen LogP contribution in [0.4, 0.5) is 11.4 Å². The molecule has 0 spiro atoms. The van der Waals surface area contributed by atoms with Gasteiger partial charge in [-0.1, -0.05) is 0 Å². The average Bonchev–Trinajstić information content (AvgIpc) is 2.77. The Balaban J connectivity index is 2.13. The number of pyridine rings is 1. The number of anilines is 2. The summed E-state index contributed by atoms with van der Waals surface area (Å²) in [5.74, 6) is 0.591. The van der Waals surface area contributed by atoms with Crippen LogP contribution in [0.1, 0.15) is 6.92 Å². The molecule has 2 heterocycles. The van der Waals surface area contributed by atoms with Crippen molar-refractivity contribution < 1.29 is 4.74 Å². The van der Waals surface area contributed by atoms with E-state index in [9.17, 15) is 0 Å². The summed E-state index contributed by atoms with van der Waals surface area (Å²) in [5, 5.41) is 7.41. The Hall–Kier alpha value is -2.04. The summed E-state index contributed by atoms with van der Waals surface area (Å²) < 4.78 is 6.91. The summed E-state index contributed by atoms with van der Waals surface area (Å²) in [5.41, 5.74) is 1.89. The summed E-state index contributed by atoms with van der Waals surface area (Å²) in [6.07, 6.45) is 5.44. The van der Waals surface area contributed by atoms with Gasteiger partial charge in [-0.2, -0.15) is 5.10 Å². The van der Waals surface area contributed by atoms with Gasteiger partial charge in [-0.25, -0.2) is 4.98 Å². The van der Waals surface area contributed by atoms with Crippen molar-refractivity contribution in [1.82, 2.24) is 14.8 Å². The fourth-order valence-corrected chi connectivity index (χ4v) is 1.37. The first kappa shape index (κ1) is 10.5. The van der Waals surface area contributed by atoms with Crippen LogP contribution in [0.3, 0.4) is 0 Å². The highest BCUT2D eigenvalue weighted by Gasteiger charge is 1.99. The van der Waals surface area contributed by atoms with Gasteiger partial charge in [-0.3, -0.25) is 4.68 Å². The van der Waals surface area contributed by atoms with Crippen molar-refractivity contribution in [3.05, 3.63) is 30.7 Å². The second kappa shape index (κ2) is 4.65. The van der Waals surface area contributed by atoms with Crippen molar-refractivity contribution in [2.75, 3.05) is 12.4 Å². The number of hydrogen-bond acceptors (Lipinski definition) is 4. The average molecular weight is 218 g/mol. The van der Waals surface area contributed by atoms with E-state index in [1.807, 2.05) is 29.9 Å². The zero-order valence-corrected chi connectivity index (χ0v) is 9.34. The van der Waals surface area contributed by atoms with E-state index < -0.39 is 0 Å². The van der Waals surface area contributed by atoms with Crippen LogP contribution in [-0.2, 0) is 6.54 Å². The SMILES string of the molecule is CCn1cc(Nc2ccnc(OC)c2)cn1. The summed E-state index contributed by atoms with van der Waals surface area (Å²) in [4.78, 5) is 4.04. The lowest BCUT2D eigenvalue weighted by Crippen LogP contribution is -1.93. The Morgan fingerprint density at radius 1 is 1.44 bits per heavy atom. The van der Waals surface area contributed by atoms with Crippen molar-refractivity contribution in [2.45, 2.75) is 13.5 Å². The predicted octanol–water partition coefficient (Wildman–Crippen LogP) is 2.05. The first-order valence-electron chi connectivity index (χ1n) is 5.11. The van der Waals surface area contributed by atoms with Gasteiger partial charge in [-0.15, -0.1) is 0 Å². The van der Waals surface area contributed by atoms with E-state index in [0.29, 0.717) is 5.88 Å². The van der Waals surface area contributed by atoms with E-state index in [1.54, 1.807) is 19.5 Å². The molecule has 5 nitrogen and oxygen atoms in total. The topological polar surface area (TPSA) is 52.0 Å². The number of aryl methyl sites for hydroxylation is 1. The number of ether oxygens (including phenoxy) is 1. The maximum atomic E-state index is 5.05. The number of methoxy groups -OCH3 is 1. The molecule has 0 saturated carbocycles. The third-order valence-electron chi connectivity index (χ3n) is 2.19. The van der Waals surface area contributed by atoms with Gasteiger partial charge in [0.05, 0.1) is 19.0 Å². The van der Waals surface area contributed by atoms with Crippen molar-refractivity contribution >= 4 is 11.4 Å². The second-order valence-electron chi connectivity index (χ2n) is 3.30. The Kier molecular flexibility index (Phi) is 3.05. The van der Waals surface area contributed by atoms with Gasteiger partial charge < -0.3 is 10.1 Å². The third-order valence-corrected chi connectivity index (χ3v) is 2.19. The minimum atomic E-state index is 0.591. The van der Waals surface area contributed by atoms with Crippen LogP contribution >= 0.6 is 0 Å². The summed E-state index contributed by atoms with van der Waals surface area (Å²) in [7, 11) is 1.60. The minimum absolute atomic E-state index is 0.591. The first-order valence-corrected chi connectivity index (χ1v) is 5.11. The van der Waals surface area contributed by atoms with Crippen LogP contribution in [-0.4, -0.2) is 21.9 Å². The van der Waals surface area contributed by atoms with Gasteiger partial charge in [0.15, 0.2) is 0 Å². The Morgan fingerprint density at radius 3 is 3.00 bits per heavy atom. The smallest absolute Gasteiger partial charge is 0.214 e. The standard InChI is InChI=1S/C11H14N4O/c1-3-15-8-10(7-13-15)14-9-4-5-12-11(6-9)16-2/h4-8H,3H2,1-2H3,(H,12,14). The monoisotopic (exact) mass is 218 g/mol. The lowest BCUT2D eigenvalue weighted by atomic mass is 10.4. The Bertz CT molecular complexity index is 467. The maximum Gasteiger partial charge on any atom is 0.214 e. The van der Waals surface area contributed by atoms with Crippen LogP contribution < -0.4 is 10.1 Å². The number of nitrogens with zero attached hydrogens (tertiary/aromatic N) is 3. The molecule has 1 N–H and O–H groups in total. The molecule has 2 aromatic heterocycles. The summed E-state index contributed by atoms with van der Waals surface area (Å²) >= 11 is 0. The molecule has 5 heteroatoms. The molecule has 2 rings (SSSR count). The molecule has 0 aliphatic carbocycles. The van der Waals surface area contributed by atoms with E-state index in [1.165, 1.54) is 0 Å². The zero-order valence-electron chi connectivity index (χ0n) is 9.34. The summed E-state index contributed by atoms with van der Waals surface area (Å²) in [6, 6.07) is 3.72. The minimum Gasteiger partial charge on any atom is -0.481 e. The van der Waals surface area contributed by atoms with Gasteiger partial charge in [0, 0.05) is 30.7 Å². The number of aromatic nitrogens is 3. The number of rotatable bonds is 4. The van der Waals surface area contributed by atoms with Crippen molar-refractivity contribution in [3.63, 3.8) is 0 Å². The van der Waals surface area contributed by atoms with Crippen LogP contribution in [0.2, 0.25) is 0 Å². The molecule has 0 atom stereocenters. The number of nitrogens with one attached hydrogen (secondary N) is 1. The van der Waals surface area contributed by atoms with Crippen molar-refractivity contribution in [3.8, 4) is 5.88 Å². The molecular weight excluding hydrogens is 204 g/mol. The fraction of sp³-hybridized carbons (Fsp3) is 0.273. The fourth-order valence-electron chi connectivity index (χ4n) is 1.37. The highest BCUT2D eigenvalue weighted by atomic mass is 16.5. The lowest BCUT2D eigenvalue weighted by Gasteiger charge is -2.04. The van der Waals surface area contributed by atoms with Crippen LogP contribution in [0, 0.1) is 0 Å². The molecule has 0 aliphatic rings. The molecule has 84 valence electrons. The maximum absolute atomic E-state index is 5.05. The molecule has 0 bridgehead atoms. The Labute approximate surface area is 94.1 Å². The number of hydrogen-bond donors (Lipinski definition) is 1. The molecule has 0 saturated heterocycles. The van der Waals surface area contributed by atoms with E-state index in [4.69, 9.17) is 4.74 Å².